The van der Waals surface area contributed by atoms with Crippen molar-refractivity contribution in [1.82, 2.24) is 19.9 Å². The predicted molar refractivity (Wildman–Crippen MR) is 146 cm³/mol. The van der Waals surface area contributed by atoms with Crippen LogP contribution in [0.1, 0.15) is 18.4 Å². The molecule has 0 spiro atoms. The third-order valence-electron chi connectivity index (χ3n) is 6.81. The summed E-state index contributed by atoms with van der Waals surface area (Å²) >= 11 is 0. The van der Waals surface area contributed by atoms with Crippen LogP contribution in [-0.2, 0) is 7.05 Å². The predicted octanol–water partition coefficient (Wildman–Crippen LogP) is 4.52. The number of piperidine rings is 1. The average molecular weight is 550 g/mol. The van der Waals surface area contributed by atoms with E-state index < -0.39 is 23.4 Å². The summed E-state index contributed by atoms with van der Waals surface area (Å²) in [5.74, 6) is -3.06. The first-order valence-electron chi connectivity index (χ1n) is 12.7. The summed E-state index contributed by atoms with van der Waals surface area (Å²) in [4.78, 5) is 9.89. The second-order valence-electron chi connectivity index (χ2n) is 9.48. The summed E-state index contributed by atoms with van der Waals surface area (Å²) in [5, 5.41) is 21.2. The summed E-state index contributed by atoms with van der Waals surface area (Å²) in [6, 6.07) is 10.7. The highest BCUT2D eigenvalue weighted by Crippen LogP contribution is 2.41. The molecule has 2 aromatic heterocycles. The van der Waals surface area contributed by atoms with Crippen molar-refractivity contribution in [3.63, 3.8) is 0 Å². The van der Waals surface area contributed by atoms with Gasteiger partial charge in [-0.25, -0.2) is 4.98 Å². The Bertz CT molecular complexity index is 1550. The van der Waals surface area contributed by atoms with Gasteiger partial charge < -0.3 is 35.1 Å². The van der Waals surface area contributed by atoms with Gasteiger partial charge in [-0.1, -0.05) is 12.1 Å². The van der Waals surface area contributed by atoms with Crippen molar-refractivity contribution in [3.05, 3.63) is 72.1 Å². The SMILES string of the molecule is CN(c1c(F)c(Oc2cccc(-c3nccn3C)c2)nc(Oc2cc(C(=N)N)ccc2O)c1F)C1CCNCC1. The number of pyridine rings is 1. The van der Waals surface area contributed by atoms with E-state index in [1.54, 1.807) is 37.6 Å². The molecule has 0 radical (unpaired) electrons. The number of nitrogen functional groups attached to an aromatic ring is 1. The molecule has 0 bridgehead atoms. The van der Waals surface area contributed by atoms with Gasteiger partial charge in [0, 0.05) is 43.7 Å². The number of benzene rings is 2. The van der Waals surface area contributed by atoms with Gasteiger partial charge in [-0.2, -0.15) is 13.8 Å². The Labute approximate surface area is 229 Å². The Morgan fingerprint density at radius 2 is 1.85 bits per heavy atom. The molecule has 5 N–H and O–H groups in total. The van der Waals surface area contributed by atoms with Crippen molar-refractivity contribution in [3.8, 4) is 40.4 Å². The molecule has 12 heteroatoms. The molecule has 4 aromatic rings. The van der Waals surface area contributed by atoms with Crippen molar-refractivity contribution < 1.29 is 23.4 Å². The standard InChI is InChI=1S/C28H29F2N7O3/c1-36-13-12-34-26(36)17-4-3-5-19(14-17)39-27-22(29)24(37(2)18-8-10-33-11-9-18)23(30)28(35-27)40-21-15-16(25(31)32)6-7-20(21)38/h3-7,12-15,18,33,38H,8-11H2,1-2H3,(H3,31,32). The number of nitrogens with zero attached hydrogens (tertiary/aromatic N) is 4. The maximum absolute atomic E-state index is 16.0. The summed E-state index contributed by atoms with van der Waals surface area (Å²) in [6.07, 6.45) is 4.81. The number of rotatable bonds is 8. The highest BCUT2D eigenvalue weighted by atomic mass is 19.1. The van der Waals surface area contributed by atoms with Gasteiger partial charge in [0.2, 0.25) is 11.6 Å². The Kier molecular flexibility index (Phi) is 7.52. The van der Waals surface area contributed by atoms with E-state index in [0.29, 0.717) is 31.8 Å². The molecule has 10 nitrogen and oxygen atoms in total. The van der Waals surface area contributed by atoms with E-state index in [-0.39, 0.29) is 40.4 Å². The number of phenolic OH excluding ortho intramolecular Hbond substituents is 1. The zero-order valence-corrected chi connectivity index (χ0v) is 22.0. The van der Waals surface area contributed by atoms with Crippen molar-refractivity contribution in [2.24, 2.45) is 12.8 Å². The molecular weight excluding hydrogens is 520 g/mol. The summed E-state index contributed by atoms with van der Waals surface area (Å²) in [6.45, 7) is 1.42. The average Bonchev–Trinajstić information content (AvgIpc) is 3.38. The van der Waals surface area contributed by atoms with Crippen molar-refractivity contribution in [2.45, 2.75) is 18.9 Å². The Balaban J connectivity index is 1.58. The highest BCUT2D eigenvalue weighted by Gasteiger charge is 2.30. The number of halogens is 2. The molecule has 0 amide bonds. The van der Waals surface area contributed by atoms with Crippen LogP contribution >= 0.6 is 0 Å². The van der Waals surface area contributed by atoms with Gasteiger partial charge in [-0.05, 0) is 56.3 Å². The molecule has 0 atom stereocenters. The molecule has 0 saturated carbocycles. The number of imidazole rings is 1. The van der Waals surface area contributed by atoms with Gasteiger partial charge in [0.1, 0.15) is 23.1 Å². The largest absolute Gasteiger partial charge is 0.504 e. The number of nitrogens with one attached hydrogen (secondary N) is 2. The topological polar surface area (TPSA) is 135 Å². The number of aryl methyl sites for hydroxylation is 1. The Morgan fingerprint density at radius 1 is 1.12 bits per heavy atom. The lowest BCUT2D eigenvalue weighted by Crippen LogP contribution is -2.42. The number of ether oxygens (including phenoxy) is 2. The van der Waals surface area contributed by atoms with Gasteiger partial charge >= 0.3 is 0 Å². The van der Waals surface area contributed by atoms with E-state index in [4.69, 9.17) is 20.6 Å². The number of nitrogens with two attached hydrogens (primary N) is 1. The Hall–Kier alpha value is -4.71. The fraction of sp³-hybridized carbons (Fsp3) is 0.250. The summed E-state index contributed by atoms with van der Waals surface area (Å²) in [7, 11) is 3.46. The summed E-state index contributed by atoms with van der Waals surface area (Å²) < 4.78 is 45.3. The van der Waals surface area contributed by atoms with E-state index in [2.05, 4.69) is 15.3 Å². The normalized spacial score (nSPS) is 13.7. The number of anilines is 1. The smallest absolute Gasteiger partial charge is 0.261 e. The lowest BCUT2D eigenvalue weighted by molar-refractivity contribution is 0.358. The van der Waals surface area contributed by atoms with Crippen molar-refractivity contribution in [1.29, 1.82) is 5.41 Å². The van der Waals surface area contributed by atoms with Crippen LogP contribution in [0, 0.1) is 17.0 Å². The molecule has 5 rings (SSSR count). The molecule has 0 aliphatic carbocycles. The van der Waals surface area contributed by atoms with Crippen LogP contribution in [0.5, 0.6) is 29.0 Å². The number of aromatic nitrogens is 3. The third-order valence-corrected chi connectivity index (χ3v) is 6.81. The number of hydrogen-bond acceptors (Lipinski definition) is 8. The molecule has 1 saturated heterocycles. The number of phenols is 1. The minimum Gasteiger partial charge on any atom is -0.504 e. The maximum atomic E-state index is 16.0. The maximum Gasteiger partial charge on any atom is 0.261 e. The van der Waals surface area contributed by atoms with E-state index in [0.717, 1.165) is 5.56 Å². The van der Waals surface area contributed by atoms with Crippen LogP contribution in [-0.4, -0.2) is 51.7 Å². The van der Waals surface area contributed by atoms with Crippen molar-refractivity contribution in [2.75, 3.05) is 25.0 Å². The van der Waals surface area contributed by atoms with Crippen LogP contribution in [0.3, 0.4) is 0 Å². The van der Waals surface area contributed by atoms with Gasteiger partial charge in [0.25, 0.3) is 11.8 Å². The lowest BCUT2D eigenvalue weighted by atomic mass is 10.0. The Morgan fingerprint density at radius 3 is 2.52 bits per heavy atom. The molecule has 0 unspecified atom stereocenters. The number of amidine groups is 1. The van der Waals surface area contributed by atoms with Crippen LogP contribution in [0.4, 0.5) is 14.5 Å². The third kappa shape index (κ3) is 5.38. The zero-order valence-electron chi connectivity index (χ0n) is 22.0. The van der Waals surface area contributed by atoms with Gasteiger partial charge in [-0.3, -0.25) is 5.41 Å². The van der Waals surface area contributed by atoms with Crippen molar-refractivity contribution >= 4 is 11.5 Å². The first-order chi connectivity index (χ1) is 19.2. The van der Waals surface area contributed by atoms with Crippen LogP contribution in [0.2, 0.25) is 0 Å². The van der Waals surface area contributed by atoms with Gasteiger partial charge in [0.15, 0.2) is 11.5 Å². The number of aromatic hydroxyl groups is 1. The second kappa shape index (κ2) is 11.2. The molecular formula is C28H29F2N7O3. The molecule has 2 aromatic carbocycles. The van der Waals surface area contributed by atoms with Crippen LogP contribution in [0.15, 0.2) is 54.9 Å². The van der Waals surface area contributed by atoms with E-state index in [1.165, 1.54) is 23.1 Å². The quantitative estimate of drug-likeness (QED) is 0.186. The highest BCUT2D eigenvalue weighted by molar-refractivity contribution is 5.95. The van der Waals surface area contributed by atoms with Crippen LogP contribution in [0.25, 0.3) is 11.4 Å². The summed E-state index contributed by atoms with van der Waals surface area (Å²) in [5.41, 5.74) is 6.16. The molecule has 1 fully saturated rings. The van der Waals surface area contributed by atoms with Gasteiger partial charge in [0.05, 0.1) is 0 Å². The minimum absolute atomic E-state index is 0.144. The molecule has 1 aliphatic rings. The fourth-order valence-electron chi connectivity index (χ4n) is 4.63. The molecule has 40 heavy (non-hydrogen) atoms. The zero-order chi connectivity index (χ0) is 28.4. The molecule has 3 heterocycles. The fourth-order valence-corrected chi connectivity index (χ4v) is 4.63. The lowest BCUT2D eigenvalue weighted by Gasteiger charge is -2.33. The van der Waals surface area contributed by atoms with Gasteiger partial charge in [-0.15, -0.1) is 0 Å². The molecule has 1 aliphatic heterocycles. The first kappa shape index (κ1) is 26.9. The van der Waals surface area contributed by atoms with E-state index >= 15 is 8.78 Å². The monoisotopic (exact) mass is 549 g/mol. The van der Waals surface area contributed by atoms with E-state index in [1.807, 2.05) is 17.7 Å². The second-order valence-corrected chi connectivity index (χ2v) is 9.48. The first-order valence-corrected chi connectivity index (χ1v) is 12.7. The molecule has 208 valence electrons. The minimum atomic E-state index is -1.06. The number of hydrogen-bond donors (Lipinski definition) is 4. The van der Waals surface area contributed by atoms with E-state index in [9.17, 15) is 5.11 Å². The van der Waals surface area contributed by atoms with Crippen LogP contribution < -0.4 is 25.4 Å².